The maximum Gasteiger partial charge on any atom is 0.138 e. The van der Waals surface area contributed by atoms with Gasteiger partial charge in [-0.15, -0.1) is 0 Å². The van der Waals surface area contributed by atoms with Crippen LogP contribution in [0.25, 0.3) is 0 Å². The zero-order valence-corrected chi connectivity index (χ0v) is 12.4. The number of benzene rings is 1. The summed E-state index contributed by atoms with van der Waals surface area (Å²) in [7, 11) is 0. The van der Waals surface area contributed by atoms with Crippen LogP contribution in [0.5, 0.6) is 0 Å². The van der Waals surface area contributed by atoms with Crippen molar-refractivity contribution in [1.82, 2.24) is 14.8 Å². The minimum absolute atomic E-state index is 0.0558. The fraction of sp³-hybridized carbons (Fsp3) is 0.500. The zero-order chi connectivity index (χ0) is 14.4. The van der Waals surface area contributed by atoms with Crippen molar-refractivity contribution in [2.24, 2.45) is 5.73 Å². The first-order valence-electron chi connectivity index (χ1n) is 7.38. The minimum atomic E-state index is -0.0558. The maximum absolute atomic E-state index is 6.13. The Kier molecular flexibility index (Phi) is 4.90. The highest BCUT2D eigenvalue weighted by molar-refractivity contribution is 5.27. The van der Waals surface area contributed by atoms with Crippen molar-refractivity contribution in [3.05, 3.63) is 48.0 Å². The Morgan fingerprint density at radius 2 is 1.95 bits per heavy atom. The Hall–Kier alpha value is -1.68. The average molecular weight is 272 g/mol. The zero-order valence-electron chi connectivity index (χ0n) is 12.4. The molecular weight excluding hydrogens is 248 g/mol. The molecule has 0 amide bonds. The van der Waals surface area contributed by atoms with Gasteiger partial charge in [-0.25, -0.2) is 4.98 Å². The summed E-state index contributed by atoms with van der Waals surface area (Å²) in [5, 5.41) is 4.32. The molecule has 2 N–H and O–H groups in total. The Balaban J connectivity index is 2.32. The quantitative estimate of drug-likeness (QED) is 0.842. The number of aryl methyl sites for hydroxylation is 1. The van der Waals surface area contributed by atoms with Crippen molar-refractivity contribution < 1.29 is 0 Å². The van der Waals surface area contributed by atoms with Gasteiger partial charge in [0.05, 0.1) is 0 Å². The number of nitrogens with two attached hydrogens (primary N) is 1. The molecular formula is C16H24N4. The fourth-order valence-corrected chi connectivity index (χ4v) is 2.68. The molecule has 0 bridgehead atoms. The van der Waals surface area contributed by atoms with E-state index in [-0.39, 0.29) is 5.41 Å². The van der Waals surface area contributed by atoms with Gasteiger partial charge in [-0.1, -0.05) is 44.2 Å². The number of hydrogen-bond donors (Lipinski definition) is 1. The van der Waals surface area contributed by atoms with Gasteiger partial charge in [0, 0.05) is 24.9 Å². The second-order valence-corrected chi connectivity index (χ2v) is 5.28. The molecule has 2 rings (SSSR count). The summed E-state index contributed by atoms with van der Waals surface area (Å²) < 4.78 is 2.00. The van der Waals surface area contributed by atoms with E-state index in [4.69, 9.17) is 5.73 Å². The summed E-state index contributed by atoms with van der Waals surface area (Å²) in [6, 6.07) is 10.5. The van der Waals surface area contributed by atoms with E-state index < -0.39 is 0 Å². The van der Waals surface area contributed by atoms with Gasteiger partial charge in [-0.3, -0.25) is 4.68 Å². The van der Waals surface area contributed by atoms with Crippen molar-refractivity contribution in [3.63, 3.8) is 0 Å². The molecule has 4 nitrogen and oxygen atoms in total. The Bertz CT molecular complexity index is 514. The van der Waals surface area contributed by atoms with Gasteiger partial charge in [0.15, 0.2) is 0 Å². The third kappa shape index (κ3) is 2.90. The van der Waals surface area contributed by atoms with Crippen LogP contribution in [-0.4, -0.2) is 21.3 Å². The third-order valence-electron chi connectivity index (χ3n) is 4.08. The summed E-state index contributed by atoms with van der Waals surface area (Å²) in [5.74, 6) is 1.03. The fourth-order valence-electron chi connectivity index (χ4n) is 2.68. The lowest BCUT2D eigenvalue weighted by Gasteiger charge is -2.31. The maximum atomic E-state index is 6.13. The summed E-state index contributed by atoms with van der Waals surface area (Å²) in [4.78, 5) is 4.44. The molecule has 20 heavy (non-hydrogen) atoms. The van der Waals surface area contributed by atoms with Crippen LogP contribution in [0.3, 0.4) is 0 Å². The van der Waals surface area contributed by atoms with Crippen LogP contribution >= 0.6 is 0 Å². The van der Waals surface area contributed by atoms with E-state index in [0.717, 1.165) is 31.6 Å². The SMILES string of the molecule is CCCn1ncnc1CC(CC)(CN)c1ccccc1. The third-order valence-corrected chi connectivity index (χ3v) is 4.08. The van der Waals surface area contributed by atoms with Crippen LogP contribution in [0.4, 0.5) is 0 Å². The summed E-state index contributed by atoms with van der Waals surface area (Å²) in [5.41, 5.74) is 7.37. The van der Waals surface area contributed by atoms with Gasteiger partial charge < -0.3 is 5.73 Å². The number of aromatic nitrogens is 3. The lowest BCUT2D eigenvalue weighted by molar-refractivity contribution is 0.395. The van der Waals surface area contributed by atoms with E-state index in [0.29, 0.717) is 6.54 Å². The van der Waals surface area contributed by atoms with Crippen molar-refractivity contribution in [1.29, 1.82) is 0 Å². The second kappa shape index (κ2) is 6.66. The summed E-state index contributed by atoms with van der Waals surface area (Å²) >= 11 is 0. The van der Waals surface area contributed by atoms with Crippen molar-refractivity contribution in [3.8, 4) is 0 Å². The molecule has 2 aromatic rings. The molecule has 0 saturated heterocycles. The molecule has 1 aromatic carbocycles. The first-order valence-corrected chi connectivity index (χ1v) is 7.38. The molecule has 0 saturated carbocycles. The second-order valence-electron chi connectivity index (χ2n) is 5.28. The van der Waals surface area contributed by atoms with Gasteiger partial charge in [0.1, 0.15) is 12.2 Å². The molecule has 0 spiro atoms. The van der Waals surface area contributed by atoms with Crippen molar-refractivity contribution in [2.75, 3.05) is 6.54 Å². The first kappa shape index (κ1) is 14.7. The van der Waals surface area contributed by atoms with E-state index in [1.54, 1.807) is 6.33 Å². The van der Waals surface area contributed by atoms with Gasteiger partial charge >= 0.3 is 0 Å². The first-order chi connectivity index (χ1) is 9.75. The highest BCUT2D eigenvalue weighted by Crippen LogP contribution is 2.30. The molecule has 1 atom stereocenters. The molecule has 0 aliphatic rings. The van der Waals surface area contributed by atoms with Crippen molar-refractivity contribution in [2.45, 2.75) is 45.1 Å². The van der Waals surface area contributed by atoms with E-state index >= 15 is 0 Å². The van der Waals surface area contributed by atoms with Crippen LogP contribution in [0.2, 0.25) is 0 Å². The smallest absolute Gasteiger partial charge is 0.138 e. The van der Waals surface area contributed by atoms with E-state index in [1.807, 2.05) is 10.7 Å². The Labute approximate surface area is 121 Å². The van der Waals surface area contributed by atoms with Gasteiger partial charge in [0.2, 0.25) is 0 Å². The van der Waals surface area contributed by atoms with Crippen LogP contribution in [0, 0.1) is 0 Å². The predicted octanol–water partition coefficient (Wildman–Crippen LogP) is 2.54. The minimum Gasteiger partial charge on any atom is -0.330 e. The average Bonchev–Trinajstić information content (AvgIpc) is 2.93. The topological polar surface area (TPSA) is 56.7 Å². The number of nitrogens with zero attached hydrogens (tertiary/aromatic N) is 3. The lowest BCUT2D eigenvalue weighted by Crippen LogP contribution is -2.37. The molecule has 1 aromatic heterocycles. The van der Waals surface area contributed by atoms with E-state index in [1.165, 1.54) is 5.56 Å². The molecule has 1 unspecified atom stereocenters. The molecule has 0 radical (unpaired) electrons. The largest absolute Gasteiger partial charge is 0.330 e. The number of rotatable bonds is 7. The molecule has 1 heterocycles. The normalized spacial score (nSPS) is 14.2. The molecule has 0 aliphatic heterocycles. The lowest BCUT2D eigenvalue weighted by atomic mass is 9.75. The predicted molar refractivity (Wildman–Crippen MR) is 81.5 cm³/mol. The molecule has 4 heteroatoms. The number of hydrogen-bond acceptors (Lipinski definition) is 3. The van der Waals surface area contributed by atoms with Crippen molar-refractivity contribution >= 4 is 0 Å². The molecule has 0 aliphatic carbocycles. The highest BCUT2D eigenvalue weighted by Gasteiger charge is 2.30. The highest BCUT2D eigenvalue weighted by atomic mass is 15.3. The Morgan fingerprint density at radius 1 is 1.20 bits per heavy atom. The van der Waals surface area contributed by atoms with Crippen LogP contribution in [0.15, 0.2) is 36.7 Å². The standard InChI is InChI=1S/C16H24N4/c1-3-10-20-15(18-13-19-20)11-16(4-2,12-17)14-8-6-5-7-9-14/h5-9,13H,3-4,10-12,17H2,1-2H3. The van der Waals surface area contributed by atoms with Crippen LogP contribution in [0.1, 0.15) is 38.1 Å². The van der Waals surface area contributed by atoms with Crippen LogP contribution in [-0.2, 0) is 18.4 Å². The van der Waals surface area contributed by atoms with Gasteiger partial charge in [-0.05, 0) is 18.4 Å². The van der Waals surface area contributed by atoms with Gasteiger partial charge in [0.25, 0.3) is 0 Å². The Morgan fingerprint density at radius 3 is 2.55 bits per heavy atom. The molecule has 108 valence electrons. The van der Waals surface area contributed by atoms with E-state index in [2.05, 4.69) is 48.2 Å². The van der Waals surface area contributed by atoms with Crippen LogP contribution < -0.4 is 5.73 Å². The molecule has 0 fully saturated rings. The monoisotopic (exact) mass is 272 g/mol. The van der Waals surface area contributed by atoms with Gasteiger partial charge in [-0.2, -0.15) is 5.10 Å². The summed E-state index contributed by atoms with van der Waals surface area (Å²) in [6.07, 6.45) is 4.53. The summed E-state index contributed by atoms with van der Waals surface area (Å²) in [6.45, 7) is 5.88. The van der Waals surface area contributed by atoms with E-state index in [9.17, 15) is 0 Å².